The number of carbonyl (C=O) groups is 2. The molecule has 2 aromatic rings. The van der Waals surface area contributed by atoms with Crippen molar-refractivity contribution in [3.63, 3.8) is 0 Å². The Hall–Kier alpha value is -2.42. The molecule has 3 rings (SSSR count). The van der Waals surface area contributed by atoms with Gasteiger partial charge in [-0.3, -0.25) is 9.59 Å². The highest BCUT2D eigenvalue weighted by atomic mass is 16.1. The van der Waals surface area contributed by atoms with Gasteiger partial charge in [0.2, 0.25) is 0 Å². The first-order valence-electron chi connectivity index (χ1n) is 6.67. The topological polar surface area (TPSA) is 46.2 Å². The van der Waals surface area contributed by atoms with Gasteiger partial charge in [-0.1, -0.05) is 36.4 Å². The molecule has 0 saturated heterocycles. The fraction of sp³-hybridized carbons (Fsp3) is 0.176. The van der Waals surface area contributed by atoms with Gasteiger partial charge < -0.3 is 5.32 Å². The van der Waals surface area contributed by atoms with Crippen LogP contribution in [0.15, 0.2) is 42.5 Å². The third-order valence-corrected chi connectivity index (χ3v) is 3.40. The minimum absolute atomic E-state index is 0.0809. The largest absolute Gasteiger partial charge is 0.382 e. The molecule has 100 valence electrons. The van der Waals surface area contributed by atoms with E-state index in [1.54, 1.807) is 30.3 Å². The number of nitrogens with one attached hydrogen (secondary N) is 1. The summed E-state index contributed by atoms with van der Waals surface area (Å²) in [6, 6.07) is 12.6. The summed E-state index contributed by atoms with van der Waals surface area (Å²) in [6.45, 7) is 4.00. The van der Waals surface area contributed by atoms with Gasteiger partial charge in [0, 0.05) is 28.4 Å². The van der Waals surface area contributed by atoms with Gasteiger partial charge in [0.1, 0.15) is 0 Å². The molecule has 0 aromatic heterocycles. The highest BCUT2D eigenvalue weighted by Gasteiger charge is 2.31. The van der Waals surface area contributed by atoms with E-state index >= 15 is 0 Å². The second-order valence-corrected chi connectivity index (χ2v) is 5.23. The van der Waals surface area contributed by atoms with Crippen molar-refractivity contribution < 1.29 is 9.59 Å². The van der Waals surface area contributed by atoms with Gasteiger partial charge in [-0.25, -0.2) is 0 Å². The lowest BCUT2D eigenvalue weighted by Gasteiger charge is -2.21. The summed E-state index contributed by atoms with van der Waals surface area (Å²) in [5.74, 6) is -0.165. The van der Waals surface area contributed by atoms with Crippen LogP contribution in [0.1, 0.15) is 45.7 Å². The molecule has 1 N–H and O–H groups in total. The minimum Gasteiger partial charge on any atom is -0.382 e. The summed E-state index contributed by atoms with van der Waals surface area (Å²) in [4.78, 5) is 25.2. The fourth-order valence-electron chi connectivity index (χ4n) is 2.58. The van der Waals surface area contributed by atoms with Gasteiger partial charge in [-0.2, -0.15) is 0 Å². The van der Waals surface area contributed by atoms with Crippen LogP contribution in [-0.4, -0.2) is 17.6 Å². The van der Waals surface area contributed by atoms with E-state index in [0.717, 1.165) is 5.69 Å². The average molecular weight is 265 g/mol. The molecule has 0 atom stereocenters. The van der Waals surface area contributed by atoms with E-state index in [1.165, 1.54) is 0 Å². The predicted molar refractivity (Wildman–Crippen MR) is 78.5 cm³/mol. The lowest BCUT2D eigenvalue weighted by molar-refractivity contribution is 0.0979. The maximum atomic E-state index is 12.7. The maximum Gasteiger partial charge on any atom is 0.196 e. The SMILES string of the molecule is CC(C)Nc1cccc2c1C(=O)c1ccccc1C2=O. The van der Waals surface area contributed by atoms with Gasteiger partial charge in [0.25, 0.3) is 0 Å². The smallest absolute Gasteiger partial charge is 0.196 e. The van der Waals surface area contributed by atoms with Crippen molar-refractivity contribution >= 4 is 17.3 Å². The Bertz CT molecular complexity index is 717. The van der Waals surface area contributed by atoms with E-state index in [9.17, 15) is 9.59 Å². The first kappa shape index (κ1) is 12.6. The molecule has 0 radical (unpaired) electrons. The lowest BCUT2D eigenvalue weighted by Crippen LogP contribution is -2.23. The van der Waals surface area contributed by atoms with Crippen LogP contribution in [0.4, 0.5) is 5.69 Å². The molecule has 0 amide bonds. The van der Waals surface area contributed by atoms with Crippen LogP contribution in [0, 0.1) is 0 Å². The molecular formula is C17H15NO2. The zero-order valence-corrected chi connectivity index (χ0v) is 11.4. The van der Waals surface area contributed by atoms with Gasteiger partial charge in [-0.15, -0.1) is 0 Å². The Labute approximate surface area is 117 Å². The summed E-state index contributed by atoms with van der Waals surface area (Å²) in [5.41, 5.74) is 2.68. The number of carbonyl (C=O) groups excluding carboxylic acids is 2. The summed E-state index contributed by atoms with van der Waals surface area (Å²) < 4.78 is 0. The molecule has 2 aromatic carbocycles. The molecule has 1 aliphatic carbocycles. The molecule has 20 heavy (non-hydrogen) atoms. The number of anilines is 1. The molecule has 0 spiro atoms. The highest BCUT2D eigenvalue weighted by molar-refractivity contribution is 6.30. The van der Waals surface area contributed by atoms with Crippen molar-refractivity contribution in [2.24, 2.45) is 0 Å². The van der Waals surface area contributed by atoms with Crippen molar-refractivity contribution in [2.75, 3.05) is 5.32 Å². The third kappa shape index (κ3) is 1.83. The Morgan fingerprint density at radius 2 is 1.40 bits per heavy atom. The number of hydrogen-bond acceptors (Lipinski definition) is 3. The quantitative estimate of drug-likeness (QED) is 0.773. The minimum atomic E-state index is -0.0843. The predicted octanol–water partition coefficient (Wildman–Crippen LogP) is 3.28. The zero-order valence-electron chi connectivity index (χ0n) is 11.4. The number of ketones is 2. The second-order valence-electron chi connectivity index (χ2n) is 5.23. The van der Waals surface area contributed by atoms with Crippen LogP contribution in [0.3, 0.4) is 0 Å². The van der Waals surface area contributed by atoms with Crippen LogP contribution in [0.25, 0.3) is 0 Å². The summed E-state index contributed by atoms with van der Waals surface area (Å²) in [7, 11) is 0. The van der Waals surface area contributed by atoms with E-state index < -0.39 is 0 Å². The normalized spacial score (nSPS) is 13.2. The zero-order chi connectivity index (χ0) is 14.3. The van der Waals surface area contributed by atoms with Crippen LogP contribution in [0.5, 0.6) is 0 Å². The third-order valence-electron chi connectivity index (χ3n) is 3.40. The lowest BCUT2D eigenvalue weighted by atomic mass is 9.83. The van der Waals surface area contributed by atoms with Crippen LogP contribution in [-0.2, 0) is 0 Å². The Morgan fingerprint density at radius 1 is 0.800 bits per heavy atom. The molecule has 0 aliphatic heterocycles. The Balaban J connectivity index is 2.23. The summed E-state index contributed by atoms with van der Waals surface area (Å²) in [5, 5.41) is 3.24. The average Bonchev–Trinajstić information content (AvgIpc) is 2.44. The number of benzene rings is 2. The number of hydrogen-bond donors (Lipinski definition) is 1. The van der Waals surface area contributed by atoms with Gasteiger partial charge >= 0.3 is 0 Å². The standard InChI is InChI=1S/C17H15NO2/c1-10(2)18-14-9-5-8-13-15(14)17(20)12-7-4-3-6-11(12)16(13)19/h3-10,18H,1-2H3. The summed E-state index contributed by atoms with van der Waals surface area (Å²) in [6.07, 6.45) is 0. The monoisotopic (exact) mass is 265 g/mol. The van der Waals surface area contributed by atoms with Crippen molar-refractivity contribution in [3.05, 3.63) is 64.7 Å². The maximum absolute atomic E-state index is 12.7. The van der Waals surface area contributed by atoms with Crippen molar-refractivity contribution in [1.82, 2.24) is 0 Å². The molecule has 3 nitrogen and oxygen atoms in total. The van der Waals surface area contributed by atoms with Crippen molar-refractivity contribution in [1.29, 1.82) is 0 Å². The van der Waals surface area contributed by atoms with Gasteiger partial charge in [0.15, 0.2) is 11.6 Å². The molecule has 0 heterocycles. The van der Waals surface area contributed by atoms with E-state index in [1.807, 2.05) is 26.0 Å². The molecule has 3 heteroatoms. The van der Waals surface area contributed by atoms with E-state index in [2.05, 4.69) is 5.32 Å². The molecule has 0 saturated carbocycles. The van der Waals surface area contributed by atoms with E-state index in [4.69, 9.17) is 0 Å². The van der Waals surface area contributed by atoms with E-state index in [-0.39, 0.29) is 17.6 Å². The molecule has 0 fully saturated rings. The first-order chi connectivity index (χ1) is 9.59. The highest BCUT2D eigenvalue weighted by Crippen LogP contribution is 2.32. The van der Waals surface area contributed by atoms with Crippen molar-refractivity contribution in [2.45, 2.75) is 19.9 Å². The Kier molecular flexibility index (Phi) is 2.90. The molecule has 0 bridgehead atoms. The molecule has 0 unspecified atom stereocenters. The molecular weight excluding hydrogens is 250 g/mol. The first-order valence-corrected chi connectivity index (χ1v) is 6.67. The van der Waals surface area contributed by atoms with Crippen LogP contribution >= 0.6 is 0 Å². The van der Waals surface area contributed by atoms with Crippen molar-refractivity contribution in [3.8, 4) is 0 Å². The fourth-order valence-corrected chi connectivity index (χ4v) is 2.58. The van der Waals surface area contributed by atoms with Crippen LogP contribution < -0.4 is 5.32 Å². The number of fused-ring (bicyclic) bond motifs is 2. The number of rotatable bonds is 2. The van der Waals surface area contributed by atoms with Gasteiger partial charge in [0.05, 0.1) is 5.56 Å². The second kappa shape index (κ2) is 4.60. The van der Waals surface area contributed by atoms with Crippen LogP contribution in [0.2, 0.25) is 0 Å². The summed E-state index contributed by atoms with van der Waals surface area (Å²) >= 11 is 0. The molecule has 1 aliphatic rings. The Morgan fingerprint density at radius 3 is 2.05 bits per heavy atom. The van der Waals surface area contributed by atoms with Gasteiger partial charge in [-0.05, 0) is 19.9 Å². The van der Waals surface area contributed by atoms with E-state index in [0.29, 0.717) is 22.3 Å².